The number of H-pyrrole nitrogens is 1. The number of nitrogens with zero attached hydrogens (tertiary/aromatic N) is 3. The molecule has 0 unspecified atom stereocenters. The summed E-state index contributed by atoms with van der Waals surface area (Å²) in [7, 11) is 0.300. The van der Waals surface area contributed by atoms with Gasteiger partial charge in [-0.3, -0.25) is 4.99 Å². The first-order chi connectivity index (χ1) is 12.6. The van der Waals surface area contributed by atoms with Crippen LogP contribution in [0.15, 0.2) is 41.5 Å². The number of guanidine groups is 1. The molecular weight excluding hydrogens is 491 g/mol. The van der Waals surface area contributed by atoms with Gasteiger partial charge in [-0.2, -0.15) is 0 Å². The molecule has 0 bridgehead atoms. The SMILES string of the molecule is CN=C(NCC(C)(C)NS(C)(=O)=O)N(C)Cc1ncc(-c2ccccc2)[nH]1.I. The van der Waals surface area contributed by atoms with Gasteiger partial charge in [0.2, 0.25) is 10.0 Å². The van der Waals surface area contributed by atoms with Crippen LogP contribution in [0.2, 0.25) is 0 Å². The molecular formula is C18H29IN6O2S. The summed E-state index contributed by atoms with van der Waals surface area (Å²) in [5.74, 6) is 1.46. The van der Waals surface area contributed by atoms with Crippen molar-refractivity contribution in [3.8, 4) is 11.3 Å². The summed E-state index contributed by atoms with van der Waals surface area (Å²) < 4.78 is 25.5. The standard InChI is InChI=1S/C18H28N6O2S.HI/c1-18(2,23-27(5,25)26)13-21-17(19-3)24(4)12-16-20-11-15(22-16)14-9-7-6-8-10-14;/h6-11,23H,12-13H2,1-5H3,(H,19,21)(H,20,22);1H. The van der Waals surface area contributed by atoms with E-state index in [4.69, 9.17) is 0 Å². The van der Waals surface area contributed by atoms with E-state index in [2.05, 4.69) is 25.0 Å². The average Bonchev–Trinajstić information content (AvgIpc) is 3.02. The molecule has 1 heterocycles. The summed E-state index contributed by atoms with van der Waals surface area (Å²) in [4.78, 5) is 13.9. The normalized spacial score (nSPS) is 12.4. The molecule has 156 valence electrons. The zero-order valence-corrected chi connectivity index (χ0v) is 20.0. The smallest absolute Gasteiger partial charge is 0.209 e. The van der Waals surface area contributed by atoms with Crippen molar-refractivity contribution in [1.29, 1.82) is 0 Å². The summed E-state index contributed by atoms with van der Waals surface area (Å²) in [6.45, 7) is 4.55. The maximum absolute atomic E-state index is 11.5. The highest BCUT2D eigenvalue weighted by Gasteiger charge is 2.23. The number of imidazole rings is 1. The van der Waals surface area contributed by atoms with Crippen LogP contribution in [0.3, 0.4) is 0 Å². The monoisotopic (exact) mass is 520 g/mol. The fourth-order valence-electron chi connectivity index (χ4n) is 2.73. The molecule has 10 heteroatoms. The molecule has 0 fully saturated rings. The molecule has 0 aliphatic rings. The number of aromatic nitrogens is 2. The van der Waals surface area contributed by atoms with Crippen LogP contribution < -0.4 is 10.0 Å². The maximum atomic E-state index is 11.5. The van der Waals surface area contributed by atoms with Gasteiger partial charge >= 0.3 is 0 Å². The highest BCUT2D eigenvalue weighted by atomic mass is 127. The first kappa shape index (κ1) is 24.4. The summed E-state index contributed by atoms with van der Waals surface area (Å²) >= 11 is 0. The number of hydrogen-bond acceptors (Lipinski definition) is 4. The lowest BCUT2D eigenvalue weighted by molar-refractivity contribution is 0.419. The molecule has 0 saturated carbocycles. The van der Waals surface area contributed by atoms with Gasteiger partial charge in [-0.25, -0.2) is 18.1 Å². The van der Waals surface area contributed by atoms with Crippen LogP contribution in [0.4, 0.5) is 0 Å². The number of sulfonamides is 1. The molecule has 1 aromatic heterocycles. The third-order valence-corrected chi connectivity index (χ3v) is 4.75. The number of benzene rings is 1. The molecule has 0 atom stereocenters. The number of halogens is 1. The van der Waals surface area contributed by atoms with Crippen molar-refractivity contribution in [3.63, 3.8) is 0 Å². The Morgan fingerprint density at radius 2 is 1.93 bits per heavy atom. The predicted octanol–water partition coefficient (Wildman–Crippen LogP) is 2.03. The van der Waals surface area contributed by atoms with Crippen molar-refractivity contribution in [2.45, 2.75) is 25.9 Å². The molecule has 8 nitrogen and oxygen atoms in total. The summed E-state index contributed by atoms with van der Waals surface area (Å²) in [6, 6.07) is 10.0. The van der Waals surface area contributed by atoms with Gasteiger partial charge in [0.05, 0.1) is 24.7 Å². The van der Waals surface area contributed by atoms with Crippen LogP contribution >= 0.6 is 24.0 Å². The Hall–Kier alpha value is -1.66. The van der Waals surface area contributed by atoms with E-state index in [9.17, 15) is 8.42 Å². The van der Waals surface area contributed by atoms with Crippen LogP contribution in [0.25, 0.3) is 11.3 Å². The number of aliphatic imine (C=N–C) groups is 1. The fourth-order valence-corrected chi connectivity index (χ4v) is 3.81. The van der Waals surface area contributed by atoms with Gasteiger partial charge in [-0.15, -0.1) is 24.0 Å². The Morgan fingerprint density at radius 3 is 2.50 bits per heavy atom. The highest BCUT2D eigenvalue weighted by molar-refractivity contribution is 14.0. The lowest BCUT2D eigenvalue weighted by Gasteiger charge is -2.28. The van der Waals surface area contributed by atoms with Gasteiger partial charge < -0.3 is 15.2 Å². The summed E-state index contributed by atoms with van der Waals surface area (Å²) in [6.07, 6.45) is 2.96. The molecule has 0 aliphatic carbocycles. The van der Waals surface area contributed by atoms with Crippen LogP contribution in [0, 0.1) is 0 Å². The molecule has 28 heavy (non-hydrogen) atoms. The Bertz CT molecular complexity index is 880. The second-order valence-corrected chi connectivity index (χ2v) is 8.87. The van der Waals surface area contributed by atoms with Gasteiger partial charge in [-0.1, -0.05) is 30.3 Å². The number of hydrogen-bond donors (Lipinski definition) is 3. The van der Waals surface area contributed by atoms with E-state index in [1.54, 1.807) is 7.05 Å². The molecule has 0 spiro atoms. The van der Waals surface area contributed by atoms with E-state index in [0.29, 0.717) is 19.0 Å². The number of aromatic amines is 1. The van der Waals surface area contributed by atoms with Crippen LogP contribution in [-0.4, -0.2) is 61.7 Å². The number of rotatable bonds is 7. The molecule has 1 aromatic carbocycles. The van der Waals surface area contributed by atoms with Crippen molar-refractivity contribution in [1.82, 2.24) is 24.9 Å². The van der Waals surface area contributed by atoms with E-state index in [0.717, 1.165) is 23.3 Å². The maximum Gasteiger partial charge on any atom is 0.209 e. The predicted molar refractivity (Wildman–Crippen MR) is 124 cm³/mol. The molecule has 2 aromatic rings. The molecule has 2 rings (SSSR count). The van der Waals surface area contributed by atoms with E-state index in [1.807, 2.05) is 62.3 Å². The zero-order valence-electron chi connectivity index (χ0n) is 16.9. The van der Waals surface area contributed by atoms with Crippen LogP contribution in [0.1, 0.15) is 19.7 Å². The summed E-state index contributed by atoms with van der Waals surface area (Å²) in [5, 5.41) is 3.20. The highest BCUT2D eigenvalue weighted by Crippen LogP contribution is 2.16. The van der Waals surface area contributed by atoms with Gasteiger partial charge in [0.1, 0.15) is 5.82 Å². The van der Waals surface area contributed by atoms with Crippen LogP contribution in [0.5, 0.6) is 0 Å². The minimum absolute atomic E-state index is 0. The van der Waals surface area contributed by atoms with Gasteiger partial charge in [0.15, 0.2) is 5.96 Å². The first-order valence-electron chi connectivity index (χ1n) is 8.60. The Labute approximate surface area is 184 Å². The van der Waals surface area contributed by atoms with Crippen molar-refractivity contribution in [2.75, 3.05) is 26.9 Å². The zero-order chi connectivity index (χ0) is 20.1. The van der Waals surface area contributed by atoms with E-state index < -0.39 is 15.6 Å². The second kappa shape index (κ2) is 10.2. The first-order valence-corrected chi connectivity index (χ1v) is 10.5. The Morgan fingerprint density at radius 1 is 1.29 bits per heavy atom. The molecule has 3 N–H and O–H groups in total. The Balaban J connectivity index is 0.00000392. The largest absolute Gasteiger partial charge is 0.354 e. The van der Waals surface area contributed by atoms with Gasteiger partial charge in [-0.05, 0) is 19.4 Å². The van der Waals surface area contributed by atoms with Gasteiger partial charge in [0, 0.05) is 26.2 Å². The van der Waals surface area contributed by atoms with Gasteiger partial charge in [0.25, 0.3) is 0 Å². The van der Waals surface area contributed by atoms with Crippen molar-refractivity contribution in [2.24, 2.45) is 4.99 Å². The lowest BCUT2D eigenvalue weighted by atomic mass is 10.1. The van der Waals surface area contributed by atoms with Crippen molar-refractivity contribution >= 4 is 40.0 Å². The van der Waals surface area contributed by atoms with E-state index in [1.165, 1.54) is 0 Å². The van der Waals surface area contributed by atoms with E-state index in [-0.39, 0.29) is 24.0 Å². The fraction of sp³-hybridized carbons (Fsp3) is 0.444. The second-order valence-electron chi connectivity index (χ2n) is 7.12. The topological polar surface area (TPSA) is 102 Å². The minimum atomic E-state index is -3.29. The quantitative estimate of drug-likeness (QED) is 0.295. The van der Waals surface area contributed by atoms with Crippen LogP contribution in [-0.2, 0) is 16.6 Å². The third-order valence-electron chi connectivity index (χ3n) is 3.82. The molecule has 0 saturated heterocycles. The lowest BCUT2D eigenvalue weighted by Crippen LogP contribution is -2.53. The minimum Gasteiger partial charge on any atom is -0.354 e. The van der Waals surface area contributed by atoms with Crippen molar-refractivity contribution < 1.29 is 8.42 Å². The average molecular weight is 520 g/mol. The number of nitrogens with one attached hydrogen (secondary N) is 3. The third kappa shape index (κ3) is 7.76. The van der Waals surface area contributed by atoms with Crippen molar-refractivity contribution in [3.05, 3.63) is 42.4 Å². The van der Waals surface area contributed by atoms with E-state index >= 15 is 0 Å². The molecule has 0 amide bonds. The molecule has 0 aliphatic heterocycles. The summed E-state index contributed by atoms with van der Waals surface area (Å²) in [5.41, 5.74) is 1.39. The Kier molecular flexibility index (Phi) is 8.89. The molecule has 0 radical (unpaired) electrons.